The highest BCUT2D eigenvalue weighted by atomic mass is 19.1. The zero-order chi connectivity index (χ0) is 47.6. The summed E-state index contributed by atoms with van der Waals surface area (Å²) in [6, 6.07) is 61.9. The third kappa shape index (κ3) is 8.14. The number of halogens is 2. The van der Waals surface area contributed by atoms with Gasteiger partial charge in [0.25, 0.3) is 6.33 Å². The molecule has 7 heteroatoms. The minimum absolute atomic E-state index is 0.0524. The zero-order valence-corrected chi connectivity index (χ0v) is 39.5. The number of benzene rings is 8. The summed E-state index contributed by atoms with van der Waals surface area (Å²) in [5.74, 6) is 1.59. The molecule has 0 saturated heterocycles. The van der Waals surface area contributed by atoms with Gasteiger partial charge in [0.15, 0.2) is 11.0 Å². The van der Waals surface area contributed by atoms with E-state index in [0.717, 1.165) is 89.0 Å². The highest BCUT2D eigenvalue weighted by Gasteiger charge is 2.29. The van der Waals surface area contributed by atoms with Crippen LogP contribution in [0, 0.1) is 11.6 Å². The Morgan fingerprint density at radius 3 is 1.75 bits per heavy atom. The Kier molecular flexibility index (Phi) is 10.6. The molecule has 0 N–H and O–H groups in total. The lowest BCUT2D eigenvalue weighted by Crippen LogP contribution is -2.31. The maximum atomic E-state index is 14.6. The molecule has 11 aromatic rings. The predicted octanol–water partition coefficient (Wildman–Crippen LogP) is 16.1. The highest BCUT2D eigenvalue weighted by molar-refractivity contribution is 6.09. The van der Waals surface area contributed by atoms with Crippen molar-refractivity contribution < 1.29 is 18.1 Å². The van der Waals surface area contributed by atoms with E-state index in [1.165, 1.54) is 29.8 Å². The van der Waals surface area contributed by atoms with Gasteiger partial charge in [-0.15, -0.1) is 0 Å². The third-order valence-corrected chi connectivity index (χ3v) is 13.2. The predicted molar refractivity (Wildman–Crippen MR) is 277 cm³/mol. The maximum Gasteiger partial charge on any atom is 0.255 e. The molecule has 8 aromatic carbocycles. The second-order valence-corrected chi connectivity index (χ2v) is 19.9. The molecule has 0 atom stereocenters. The summed E-state index contributed by atoms with van der Waals surface area (Å²) in [6.07, 6.45) is 4.02. The normalized spacial score (nSPS) is 12.1. The maximum absolute atomic E-state index is 14.6. The standard InChI is InChI=1S/C62H51F2N4O/c1-61(2,3)44-30-31-65-59(36-44)68-55-17-11-10-16-51(55)52-29-28-49(38-58(52)68)69-50-33-43(40-14-8-7-9-15-40)32-48(37-50)66-39-67(57-19-13-12-18-56(57)66)60-53(41-20-24-46(63)25-21-41)34-45(62(4,5)6)35-54(60)42-22-26-47(64)27-23-42/h7-39H,1-6H3/q+1. The first kappa shape index (κ1) is 43.4. The Balaban J connectivity index is 1.11. The Hall–Kier alpha value is -8.16. The number of hydrogen-bond acceptors (Lipinski definition) is 2. The average Bonchev–Trinajstić information content (AvgIpc) is 3.90. The number of imidazole rings is 1. The fourth-order valence-corrected chi connectivity index (χ4v) is 9.50. The van der Waals surface area contributed by atoms with Crippen molar-refractivity contribution in [2.75, 3.05) is 0 Å². The van der Waals surface area contributed by atoms with Gasteiger partial charge in [-0.25, -0.2) is 13.8 Å². The Bertz CT molecular complexity index is 3660. The molecule has 0 spiro atoms. The van der Waals surface area contributed by atoms with Crippen LogP contribution in [0.5, 0.6) is 11.5 Å². The summed E-state index contributed by atoms with van der Waals surface area (Å²) in [6.45, 7) is 13.2. The monoisotopic (exact) mass is 905 g/mol. The molecule has 0 saturated carbocycles. The van der Waals surface area contributed by atoms with E-state index in [0.29, 0.717) is 11.5 Å². The van der Waals surface area contributed by atoms with Crippen LogP contribution in [0.1, 0.15) is 52.7 Å². The van der Waals surface area contributed by atoms with Crippen molar-refractivity contribution in [1.82, 2.24) is 14.1 Å². The van der Waals surface area contributed by atoms with Crippen molar-refractivity contribution in [3.63, 3.8) is 0 Å². The van der Waals surface area contributed by atoms with Crippen molar-refractivity contribution in [3.8, 4) is 62.1 Å². The van der Waals surface area contributed by atoms with Gasteiger partial charge in [-0.2, -0.15) is 9.13 Å². The molecule has 3 heterocycles. The van der Waals surface area contributed by atoms with E-state index in [1.807, 2.05) is 66.9 Å². The van der Waals surface area contributed by atoms with E-state index in [9.17, 15) is 8.78 Å². The SMILES string of the molecule is CC(C)(C)c1ccnc(-n2c3ccccc3c3ccc(Oc4cc(-c5ccccc5)cc(-n5c[n+](-c6c(-c7ccc(F)cc7)cc(C(C)(C)C)cc6-c6ccc(F)cc6)c6ccccc65)c4)cc32)c1. The first-order chi connectivity index (χ1) is 33.3. The first-order valence-electron chi connectivity index (χ1n) is 23.4. The molecular formula is C62H51F2N4O+. The number of para-hydroxylation sites is 3. The van der Waals surface area contributed by atoms with Gasteiger partial charge in [-0.1, -0.05) is 126 Å². The van der Waals surface area contributed by atoms with Crippen LogP contribution in [0.15, 0.2) is 201 Å². The van der Waals surface area contributed by atoms with Crippen molar-refractivity contribution in [3.05, 3.63) is 223 Å². The summed E-state index contributed by atoms with van der Waals surface area (Å²) in [5.41, 5.74) is 13.4. The molecule has 5 nitrogen and oxygen atoms in total. The van der Waals surface area contributed by atoms with E-state index in [2.05, 4.69) is 165 Å². The van der Waals surface area contributed by atoms with E-state index >= 15 is 0 Å². The summed E-state index contributed by atoms with van der Waals surface area (Å²) in [5, 5.41) is 2.25. The fraction of sp³-hybridized carbons (Fsp3) is 0.129. The quantitative estimate of drug-likeness (QED) is 0.142. The Morgan fingerprint density at radius 1 is 0.478 bits per heavy atom. The average molecular weight is 906 g/mol. The lowest BCUT2D eigenvalue weighted by molar-refractivity contribution is -0.566. The molecule has 11 rings (SSSR count). The van der Waals surface area contributed by atoms with Crippen LogP contribution in [0.4, 0.5) is 8.78 Å². The minimum Gasteiger partial charge on any atom is -0.457 e. The van der Waals surface area contributed by atoms with Crippen LogP contribution in [0.3, 0.4) is 0 Å². The number of pyridine rings is 1. The molecule has 0 aliphatic rings. The third-order valence-electron chi connectivity index (χ3n) is 13.2. The van der Waals surface area contributed by atoms with Gasteiger partial charge in [0.05, 0.1) is 11.0 Å². The van der Waals surface area contributed by atoms with Crippen LogP contribution >= 0.6 is 0 Å². The van der Waals surface area contributed by atoms with Crippen LogP contribution in [-0.2, 0) is 10.8 Å². The van der Waals surface area contributed by atoms with Crippen LogP contribution in [-0.4, -0.2) is 14.1 Å². The molecule has 0 aliphatic carbocycles. The number of nitrogens with zero attached hydrogens (tertiary/aromatic N) is 4. The molecule has 0 amide bonds. The molecule has 3 aromatic heterocycles. The van der Waals surface area contributed by atoms with Gasteiger partial charge in [0.1, 0.15) is 40.3 Å². The highest BCUT2D eigenvalue weighted by Crippen LogP contribution is 2.41. The Morgan fingerprint density at radius 2 is 1.09 bits per heavy atom. The van der Waals surface area contributed by atoms with E-state index < -0.39 is 0 Å². The lowest BCUT2D eigenvalue weighted by Gasteiger charge is -2.23. The number of ether oxygens (including phenoxy) is 1. The minimum atomic E-state index is -0.309. The van der Waals surface area contributed by atoms with Gasteiger partial charge in [-0.05, 0) is 135 Å². The smallest absolute Gasteiger partial charge is 0.255 e. The molecule has 0 fully saturated rings. The molecule has 0 unspecified atom stereocenters. The van der Waals surface area contributed by atoms with Crippen molar-refractivity contribution in [1.29, 1.82) is 0 Å². The van der Waals surface area contributed by atoms with Gasteiger partial charge < -0.3 is 4.74 Å². The molecule has 338 valence electrons. The molecule has 69 heavy (non-hydrogen) atoms. The summed E-state index contributed by atoms with van der Waals surface area (Å²) in [7, 11) is 0. The molecule has 0 bridgehead atoms. The number of rotatable bonds is 8. The first-order valence-corrected chi connectivity index (χ1v) is 23.4. The number of hydrogen-bond donors (Lipinski definition) is 0. The molecular weight excluding hydrogens is 855 g/mol. The van der Waals surface area contributed by atoms with Gasteiger partial charge in [0.2, 0.25) is 0 Å². The van der Waals surface area contributed by atoms with Gasteiger partial charge >= 0.3 is 0 Å². The second-order valence-electron chi connectivity index (χ2n) is 19.9. The van der Waals surface area contributed by atoms with Gasteiger partial charge in [-0.3, -0.25) is 4.57 Å². The largest absolute Gasteiger partial charge is 0.457 e. The number of aromatic nitrogens is 4. The van der Waals surface area contributed by atoms with Gasteiger partial charge in [0, 0.05) is 40.2 Å². The summed E-state index contributed by atoms with van der Waals surface area (Å²) < 4.78 is 42.8. The van der Waals surface area contributed by atoms with E-state index in [1.54, 1.807) is 0 Å². The van der Waals surface area contributed by atoms with Crippen LogP contribution in [0.2, 0.25) is 0 Å². The Labute approximate surface area is 401 Å². The van der Waals surface area contributed by atoms with Crippen molar-refractivity contribution >= 4 is 32.8 Å². The second kappa shape index (κ2) is 16.9. The van der Waals surface area contributed by atoms with Crippen molar-refractivity contribution in [2.45, 2.75) is 52.4 Å². The zero-order valence-electron chi connectivity index (χ0n) is 39.5. The summed E-state index contributed by atoms with van der Waals surface area (Å²) in [4.78, 5) is 4.90. The van der Waals surface area contributed by atoms with Crippen LogP contribution in [0.25, 0.3) is 83.4 Å². The number of fused-ring (bicyclic) bond motifs is 4. The van der Waals surface area contributed by atoms with E-state index in [4.69, 9.17) is 9.72 Å². The molecule has 0 radical (unpaired) electrons. The van der Waals surface area contributed by atoms with Crippen molar-refractivity contribution in [2.24, 2.45) is 0 Å². The fourth-order valence-electron chi connectivity index (χ4n) is 9.50. The summed E-state index contributed by atoms with van der Waals surface area (Å²) >= 11 is 0. The van der Waals surface area contributed by atoms with Crippen LogP contribution < -0.4 is 9.30 Å². The lowest BCUT2D eigenvalue weighted by atomic mass is 9.82. The van der Waals surface area contributed by atoms with E-state index in [-0.39, 0.29) is 22.5 Å². The molecule has 0 aliphatic heterocycles. The topological polar surface area (TPSA) is 35.9 Å².